The Hall–Kier alpha value is -1.44. The summed E-state index contributed by atoms with van der Waals surface area (Å²) in [7, 11) is 0. The van der Waals surface area contributed by atoms with E-state index in [9.17, 15) is 4.79 Å². The van der Waals surface area contributed by atoms with Crippen molar-refractivity contribution in [1.29, 1.82) is 0 Å². The molecule has 0 aliphatic carbocycles. The Kier molecular flexibility index (Phi) is 6.56. The van der Waals surface area contributed by atoms with Gasteiger partial charge >= 0.3 is 0 Å². The van der Waals surface area contributed by atoms with Gasteiger partial charge in [-0.1, -0.05) is 48.3 Å². The second-order valence-corrected chi connectivity index (χ2v) is 6.62. The van der Waals surface area contributed by atoms with Gasteiger partial charge in [0.05, 0.1) is 16.5 Å². The Morgan fingerprint density at radius 3 is 2.91 bits per heavy atom. The van der Waals surface area contributed by atoms with E-state index in [4.69, 9.17) is 29.0 Å². The molecule has 2 aromatic rings. The number of anilines is 1. The molecule has 23 heavy (non-hydrogen) atoms. The number of aryl methyl sites for hydroxylation is 1. The number of benzene rings is 1. The van der Waals surface area contributed by atoms with Crippen molar-refractivity contribution in [2.45, 2.75) is 31.3 Å². The highest BCUT2D eigenvalue weighted by Gasteiger charge is 2.13. The van der Waals surface area contributed by atoms with Gasteiger partial charge in [0.25, 0.3) is 0 Å². The number of nitrogens with one attached hydrogen (secondary N) is 1. The smallest absolute Gasteiger partial charge is 0.234 e. The molecule has 0 fully saturated rings. The van der Waals surface area contributed by atoms with Gasteiger partial charge in [-0.25, -0.2) is 4.68 Å². The molecule has 1 amide bonds. The molecule has 0 unspecified atom stereocenters. The molecule has 0 bridgehead atoms. The molecule has 1 aromatic carbocycles. The number of carbonyl (C=O) groups is 1. The van der Waals surface area contributed by atoms with Crippen molar-refractivity contribution in [1.82, 2.24) is 14.9 Å². The minimum Gasteiger partial charge on any atom is -0.336 e. The maximum atomic E-state index is 12.0. The van der Waals surface area contributed by atoms with Crippen LogP contribution in [0.3, 0.4) is 0 Å². The van der Waals surface area contributed by atoms with Crippen LogP contribution in [0, 0.1) is 0 Å². The molecule has 0 saturated carbocycles. The first-order chi connectivity index (χ1) is 11.0. The summed E-state index contributed by atoms with van der Waals surface area (Å²) in [6.07, 6.45) is 2.82. The first-order valence-corrected chi connectivity index (χ1v) is 8.82. The van der Waals surface area contributed by atoms with Crippen molar-refractivity contribution >= 4 is 46.6 Å². The van der Waals surface area contributed by atoms with E-state index in [1.54, 1.807) is 18.2 Å². The molecule has 1 heterocycles. The Labute approximate surface area is 148 Å². The van der Waals surface area contributed by atoms with Gasteiger partial charge in [-0.2, -0.15) is 0 Å². The van der Waals surface area contributed by atoms with Gasteiger partial charge in [0.1, 0.15) is 0 Å². The topological polar surface area (TPSA) is 85.8 Å². The number of nitrogens with zero attached hydrogens (tertiary/aromatic N) is 3. The van der Waals surface area contributed by atoms with Crippen molar-refractivity contribution in [3.8, 4) is 0 Å². The first kappa shape index (κ1) is 17.9. The number of unbranched alkanes of at least 4 members (excludes halogenated alkanes) is 1. The minimum absolute atomic E-state index is 0.145. The number of hydrogen-bond acceptors (Lipinski definition) is 5. The normalized spacial score (nSPS) is 10.7. The zero-order valence-corrected chi connectivity index (χ0v) is 14.9. The number of halogens is 2. The summed E-state index contributed by atoms with van der Waals surface area (Å²) in [6.45, 7) is 2.10. The SMILES string of the molecule is CCCCc1nnc(SCC(=O)Nc2cc(Cl)ccc2Cl)n1N. The van der Waals surface area contributed by atoms with Crippen LogP contribution in [0.4, 0.5) is 5.69 Å². The molecule has 3 N–H and O–H groups in total. The van der Waals surface area contributed by atoms with Crippen LogP contribution >= 0.6 is 35.0 Å². The van der Waals surface area contributed by atoms with Gasteiger partial charge in [0.15, 0.2) is 5.82 Å². The summed E-state index contributed by atoms with van der Waals surface area (Å²) in [5, 5.41) is 12.2. The zero-order chi connectivity index (χ0) is 16.8. The van der Waals surface area contributed by atoms with Gasteiger partial charge in [-0.05, 0) is 24.6 Å². The third-order valence-corrected chi connectivity index (χ3v) is 4.53. The number of amides is 1. The van der Waals surface area contributed by atoms with Crippen LogP contribution < -0.4 is 11.2 Å². The Morgan fingerprint density at radius 2 is 2.17 bits per heavy atom. The Morgan fingerprint density at radius 1 is 1.39 bits per heavy atom. The molecular weight excluding hydrogens is 357 g/mol. The quantitative estimate of drug-likeness (QED) is 0.573. The van der Waals surface area contributed by atoms with E-state index in [1.165, 1.54) is 16.4 Å². The molecule has 0 atom stereocenters. The highest BCUT2D eigenvalue weighted by Crippen LogP contribution is 2.26. The predicted octanol–water partition coefficient (Wildman–Crippen LogP) is 3.37. The maximum Gasteiger partial charge on any atom is 0.234 e. The number of nitrogen functional groups attached to an aromatic ring is 1. The standard InChI is InChI=1S/C14H17Cl2N5OS/c1-2-3-4-12-19-20-14(21(12)17)23-8-13(22)18-11-7-9(15)5-6-10(11)16/h5-7H,2-4,8,17H2,1H3,(H,18,22). The van der Waals surface area contributed by atoms with Crippen LogP contribution in [0.15, 0.2) is 23.4 Å². The van der Waals surface area contributed by atoms with Crippen LogP contribution in [-0.2, 0) is 11.2 Å². The molecule has 0 aliphatic rings. The lowest BCUT2D eigenvalue weighted by atomic mass is 10.2. The van der Waals surface area contributed by atoms with Gasteiger partial charge in [0, 0.05) is 11.4 Å². The van der Waals surface area contributed by atoms with Gasteiger partial charge < -0.3 is 11.2 Å². The van der Waals surface area contributed by atoms with Gasteiger partial charge in [0.2, 0.25) is 11.1 Å². The third kappa shape index (κ3) is 5.02. The third-order valence-electron chi connectivity index (χ3n) is 3.02. The van der Waals surface area contributed by atoms with E-state index >= 15 is 0 Å². The summed E-state index contributed by atoms with van der Waals surface area (Å²) < 4.78 is 1.43. The lowest BCUT2D eigenvalue weighted by Gasteiger charge is -2.07. The van der Waals surface area contributed by atoms with Crippen LogP contribution in [0.25, 0.3) is 0 Å². The Bertz CT molecular complexity index is 692. The molecule has 0 spiro atoms. The number of rotatable bonds is 7. The summed E-state index contributed by atoms with van der Waals surface area (Å²) in [6, 6.07) is 4.88. The van der Waals surface area contributed by atoms with Crippen LogP contribution in [0.2, 0.25) is 10.0 Å². The summed E-state index contributed by atoms with van der Waals surface area (Å²) in [5.41, 5.74) is 0.475. The van der Waals surface area contributed by atoms with Crippen molar-refractivity contribution < 1.29 is 4.79 Å². The second-order valence-electron chi connectivity index (χ2n) is 4.83. The average Bonchev–Trinajstić information content (AvgIpc) is 2.87. The molecule has 9 heteroatoms. The fraction of sp³-hybridized carbons (Fsp3) is 0.357. The van der Waals surface area contributed by atoms with Gasteiger partial charge in [-0.3, -0.25) is 4.79 Å². The highest BCUT2D eigenvalue weighted by molar-refractivity contribution is 7.99. The molecule has 124 valence electrons. The monoisotopic (exact) mass is 373 g/mol. The summed E-state index contributed by atoms with van der Waals surface area (Å²) in [4.78, 5) is 12.0. The van der Waals surface area contributed by atoms with Crippen LogP contribution in [-0.4, -0.2) is 26.5 Å². The minimum atomic E-state index is -0.225. The maximum absolute atomic E-state index is 12.0. The zero-order valence-electron chi connectivity index (χ0n) is 12.6. The van der Waals surface area contributed by atoms with Crippen molar-refractivity contribution in [2.24, 2.45) is 0 Å². The molecule has 6 nitrogen and oxygen atoms in total. The van der Waals surface area contributed by atoms with Crippen LogP contribution in [0.5, 0.6) is 0 Å². The lowest BCUT2D eigenvalue weighted by Crippen LogP contribution is -2.17. The van der Waals surface area contributed by atoms with E-state index in [0.717, 1.165) is 19.3 Å². The first-order valence-electron chi connectivity index (χ1n) is 7.08. The largest absolute Gasteiger partial charge is 0.336 e. The molecule has 2 rings (SSSR count). The number of carbonyl (C=O) groups excluding carboxylic acids is 1. The predicted molar refractivity (Wildman–Crippen MR) is 94.6 cm³/mol. The second kappa shape index (κ2) is 8.42. The average molecular weight is 374 g/mol. The number of nitrogens with two attached hydrogens (primary N) is 1. The molecule has 0 aliphatic heterocycles. The van der Waals surface area contributed by atoms with Crippen molar-refractivity contribution in [3.63, 3.8) is 0 Å². The lowest BCUT2D eigenvalue weighted by molar-refractivity contribution is -0.113. The number of hydrogen-bond donors (Lipinski definition) is 2. The summed E-state index contributed by atoms with van der Waals surface area (Å²) in [5.74, 6) is 6.56. The fourth-order valence-electron chi connectivity index (χ4n) is 1.82. The van der Waals surface area contributed by atoms with Crippen LogP contribution in [0.1, 0.15) is 25.6 Å². The number of aromatic nitrogens is 3. The van der Waals surface area contributed by atoms with E-state index < -0.39 is 0 Å². The highest BCUT2D eigenvalue weighted by atomic mass is 35.5. The molecule has 0 radical (unpaired) electrons. The molecular formula is C14H17Cl2N5OS. The van der Waals surface area contributed by atoms with E-state index in [-0.39, 0.29) is 11.7 Å². The Balaban J connectivity index is 1.92. The fourth-order valence-corrected chi connectivity index (χ4v) is 2.83. The van der Waals surface area contributed by atoms with Crippen molar-refractivity contribution in [2.75, 3.05) is 16.9 Å². The van der Waals surface area contributed by atoms with E-state index in [0.29, 0.717) is 26.7 Å². The van der Waals surface area contributed by atoms with E-state index in [1.807, 2.05) is 0 Å². The molecule has 1 aromatic heterocycles. The van der Waals surface area contributed by atoms with Gasteiger partial charge in [-0.15, -0.1) is 10.2 Å². The molecule has 0 saturated heterocycles. The van der Waals surface area contributed by atoms with Crippen molar-refractivity contribution in [3.05, 3.63) is 34.1 Å². The van der Waals surface area contributed by atoms with E-state index in [2.05, 4.69) is 22.4 Å². The number of thioether (sulfide) groups is 1. The summed E-state index contributed by atoms with van der Waals surface area (Å²) >= 11 is 13.1.